The van der Waals surface area contributed by atoms with E-state index in [1.165, 1.54) is 69.3 Å². The molecule has 0 radical (unpaired) electrons. The molecule has 1 aliphatic heterocycles. The van der Waals surface area contributed by atoms with E-state index in [4.69, 9.17) is 17.0 Å². The van der Waals surface area contributed by atoms with Gasteiger partial charge < -0.3 is 0 Å². The Morgan fingerprint density at radius 3 is 1.89 bits per heavy atom. The van der Waals surface area contributed by atoms with Crippen molar-refractivity contribution in [1.82, 2.24) is 0 Å². The topological polar surface area (TPSA) is 0 Å². The summed E-state index contributed by atoms with van der Waals surface area (Å²) < 4.78 is 1.37. The molecule has 0 nitrogen and oxygen atoms in total. The van der Waals surface area contributed by atoms with E-state index < -0.39 is 27.4 Å². The Morgan fingerprint density at radius 2 is 1.30 bits per heavy atom. The summed E-state index contributed by atoms with van der Waals surface area (Å²) in [6.45, 7) is 25.7. The Hall–Kier alpha value is -1.70. The Morgan fingerprint density at radius 1 is 0.696 bits per heavy atom. The molecule has 46 heavy (non-hydrogen) atoms. The van der Waals surface area contributed by atoms with Gasteiger partial charge in [0, 0.05) is 0 Å². The molecule has 0 saturated carbocycles. The summed E-state index contributed by atoms with van der Waals surface area (Å²) in [6, 6.07) is 27.8. The molecule has 0 fully saturated rings. The molecule has 2 aliphatic rings. The van der Waals surface area contributed by atoms with Crippen molar-refractivity contribution >= 4 is 46.3 Å². The number of hydrogen-bond acceptors (Lipinski definition) is 0. The van der Waals surface area contributed by atoms with Crippen LogP contribution in [-0.2, 0) is 34.1 Å². The molecule has 1 heterocycles. The molecule has 0 bridgehead atoms. The molecule has 0 amide bonds. The fraction of sp³-hybridized carbons (Fsp3) is 0.381. The van der Waals surface area contributed by atoms with Gasteiger partial charge in [-0.3, -0.25) is 0 Å². The summed E-state index contributed by atoms with van der Waals surface area (Å²) in [5.41, 5.74) is 13.7. The molecule has 0 N–H and O–H groups in total. The fourth-order valence-electron chi connectivity index (χ4n) is 7.58. The van der Waals surface area contributed by atoms with E-state index in [0.717, 1.165) is 0 Å². The zero-order chi connectivity index (χ0) is 33.6. The van der Waals surface area contributed by atoms with Crippen LogP contribution in [0.15, 0.2) is 78.4 Å². The van der Waals surface area contributed by atoms with Crippen molar-refractivity contribution in [2.75, 3.05) is 0 Å². The predicted molar refractivity (Wildman–Crippen MR) is 205 cm³/mol. The number of benzene rings is 4. The summed E-state index contributed by atoms with van der Waals surface area (Å²) in [5, 5.41) is 3.00. The number of fused-ring (bicyclic) bond motifs is 4. The van der Waals surface area contributed by atoms with Gasteiger partial charge in [0.1, 0.15) is 0 Å². The molecule has 4 aromatic rings. The van der Waals surface area contributed by atoms with Crippen LogP contribution in [0.5, 0.6) is 0 Å². The maximum atomic E-state index is 8.02. The molecule has 6 rings (SSSR count). The second-order valence-electron chi connectivity index (χ2n) is 17.1. The second kappa shape index (κ2) is 11.7. The van der Waals surface area contributed by atoms with E-state index >= 15 is 0 Å². The predicted octanol–water partition coefficient (Wildman–Crippen LogP) is 10.2. The van der Waals surface area contributed by atoms with Crippen molar-refractivity contribution in [3.8, 4) is 22.3 Å². The Kier molecular flexibility index (Phi) is 8.71. The van der Waals surface area contributed by atoms with Crippen LogP contribution in [0.2, 0.25) is 0 Å². The first-order chi connectivity index (χ1) is 21.3. The minimum absolute atomic E-state index is 0.0321. The van der Waals surface area contributed by atoms with Gasteiger partial charge in [0.05, 0.1) is 0 Å². The molecule has 1 unspecified atom stereocenters. The van der Waals surface area contributed by atoms with Crippen LogP contribution < -0.4 is 13.6 Å². The molecule has 1 atom stereocenters. The number of hydrogen-bond donors (Lipinski definition) is 0. The molecule has 4 heteroatoms. The second-order valence-corrected chi connectivity index (χ2v) is 32.9. The first-order valence-corrected chi connectivity index (χ1v) is 27.3. The minimum atomic E-state index is -4.09. The van der Waals surface area contributed by atoms with Gasteiger partial charge in [0.2, 0.25) is 0 Å². The van der Waals surface area contributed by atoms with Crippen LogP contribution in [0.1, 0.15) is 108 Å². The number of allylic oxidation sites excluding steroid dienone is 1. The zero-order valence-electron chi connectivity index (χ0n) is 29.6. The average Bonchev–Trinajstić information content (AvgIpc) is 3.54. The summed E-state index contributed by atoms with van der Waals surface area (Å²) >= 11 is -4.09. The molecular weight excluding hydrogens is 695 g/mol. The fourth-order valence-corrected chi connectivity index (χ4v) is 24.6. The normalized spacial score (nSPS) is 16.9. The molecule has 0 spiro atoms. The van der Waals surface area contributed by atoms with E-state index in [1.807, 2.05) is 0 Å². The van der Waals surface area contributed by atoms with Crippen LogP contribution in [0, 0.1) is 5.92 Å². The molecule has 0 aromatic heterocycles. The van der Waals surface area contributed by atoms with Gasteiger partial charge >= 0.3 is 295 Å². The van der Waals surface area contributed by atoms with Crippen molar-refractivity contribution in [3.05, 3.63) is 106 Å². The van der Waals surface area contributed by atoms with Gasteiger partial charge in [0.25, 0.3) is 0 Å². The van der Waals surface area contributed by atoms with Crippen LogP contribution in [0.4, 0.5) is 0 Å². The number of rotatable bonds is 4. The van der Waals surface area contributed by atoms with Crippen LogP contribution in [0.25, 0.3) is 28.3 Å². The van der Waals surface area contributed by atoms with Crippen LogP contribution in [-0.4, -0.2) is 9.52 Å². The molecule has 4 aromatic carbocycles. The maximum absolute atomic E-state index is 8.02. The average molecular weight is 745 g/mol. The molecular formula is C42H50Cl2SiZr. The van der Waals surface area contributed by atoms with Crippen molar-refractivity contribution in [3.63, 3.8) is 0 Å². The Labute approximate surface area is 292 Å². The summed E-state index contributed by atoms with van der Waals surface area (Å²) in [5.74, 6) is 0.342. The van der Waals surface area contributed by atoms with E-state index in [9.17, 15) is 0 Å². The third kappa shape index (κ3) is 5.93. The zero-order valence-corrected chi connectivity index (χ0v) is 35.0. The number of halogens is 2. The van der Waals surface area contributed by atoms with Gasteiger partial charge in [-0.15, -0.1) is 0 Å². The molecule has 0 saturated heterocycles. The Balaban J connectivity index is 1.61. The van der Waals surface area contributed by atoms with E-state index in [-0.39, 0.29) is 19.9 Å². The van der Waals surface area contributed by atoms with Gasteiger partial charge in [-0.25, -0.2) is 0 Å². The van der Waals surface area contributed by atoms with Crippen LogP contribution in [0.3, 0.4) is 0 Å². The van der Waals surface area contributed by atoms with Gasteiger partial charge in [0.15, 0.2) is 0 Å². The van der Waals surface area contributed by atoms with Gasteiger partial charge in [-0.1, -0.05) is 0 Å². The quantitative estimate of drug-likeness (QED) is 0.161. The first kappa shape index (κ1) is 34.2. The van der Waals surface area contributed by atoms with E-state index in [1.54, 1.807) is 0 Å². The van der Waals surface area contributed by atoms with Crippen molar-refractivity contribution in [1.29, 1.82) is 0 Å². The summed E-state index contributed by atoms with van der Waals surface area (Å²) in [6.07, 6.45) is 2.50. The Bertz CT molecular complexity index is 1840. The monoisotopic (exact) mass is 742 g/mol. The molecule has 240 valence electrons. The van der Waals surface area contributed by atoms with Gasteiger partial charge in [-0.2, -0.15) is 0 Å². The van der Waals surface area contributed by atoms with Gasteiger partial charge in [-0.05, 0) is 0 Å². The summed E-state index contributed by atoms with van der Waals surface area (Å²) in [4.78, 5) is 0. The third-order valence-electron chi connectivity index (χ3n) is 10.2. The van der Waals surface area contributed by atoms with Crippen LogP contribution >= 0.6 is 17.0 Å². The third-order valence-corrected chi connectivity index (χ3v) is 24.5. The standard InChI is InChI=1S/C30H41.C12H9Si.2ClH.Zr/c1-19(2)21-14-20-12-13-26(30(9,10)11)27(25(20)17-21)22-15-23(28(3,4)5)18-24(16-22)29(6,7)8;1-3-7-11-9(5-1)10-6-2-4-8-12(10)13-11;;;/h12-19H,1-11H3;1-7H,13H2;2*1H;/q;;;;+2/p-2. The van der Waals surface area contributed by atoms with Crippen molar-refractivity contribution in [2.24, 2.45) is 5.92 Å². The molecule has 1 aliphatic carbocycles. The SMILES string of the molecule is CC(C)C1=Cc2c(ccc(C(C)(C)C)c2-c2cc(C(C)(C)C)cc(C(C)(C)C)c2)[CH]1[Zr]([Cl])([Cl])[c]1cccc2c1[SiH2]c1ccccc1-2. The van der Waals surface area contributed by atoms with Crippen molar-refractivity contribution in [2.45, 2.75) is 96.0 Å². The van der Waals surface area contributed by atoms with E-state index in [0.29, 0.717) is 5.92 Å². The summed E-state index contributed by atoms with van der Waals surface area (Å²) in [7, 11) is 15.4. The van der Waals surface area contributed by atoms with Crippen molar-refractivity contribution < 1.29 is 17.9 Å². The van der Waals surface area contributed by atoms with E-state index in [2.05, 4.69) is 155 Å². The first-order valence-electron chi connectivity index (χ1n) is 16.9.